The Morgan fingerprint density at radius 1 is 1.12 bits per heavy atom. The number of aromatic nitrogens is 3. The molecule has 0 unspecified atom stereocenters. The van der Waals surface area contributed by atoms with E-state index in [4.69, 9.17) is 0 Å². The van der Waals surface area contributed by atoms with Gasteiger partial charge in [0, 0.05) is 62.2 Å². The molecule has 0 saturated carbocycles. The zero-order chi connectivity index (χ0) is 17.1. The molecule has 4 rings (SSSR count). The Bertz CT molecular complexity index is 839. The predicted molar refractivity (Wildman–Crippen MR) is 97.5 cm³/mol. The first-order chi connectivity index (χ1) is 12.3. The van der Waals surface area contributed by atoms with Crippen LogP contribution in [0.3, 0.4) is 0 Å². The normalized spacial score (nSPS) is 16.2. The van der Waals surface area contributed by atoms with Crippen molar-refractivity contribution in [2.75, 3.05) is 32.7 Å². The molecule has 130 valence electrons. The summed E-state index contributed by atoms with van der Waals surface area (Å²) in [5.74, 6) is 0.133. The minimum atomic E-state index is 0.133. The van der Waals surface area contributed by atoms with Gasteiger partial charge in [0.1, 0.15) is 0 Å². The van der Waals surface area contributed by atoms with Crippen LogP contribution in [0, 0.1) is 0 Å². The molecule has 0 radical (unpaired) electrons. The van der Waals surface area contributed by atoms with Crippen LogP contribution in [-0.2, 0) is 6.54 Å². The number of H-pyrrole nitrogens is 1. The topological polar surface area (TPSA) is 57.2 Å². The Morgan fingerprint density at radius 2 is 2.04 bits per heavy atom. The second-order valence-corrected chi connectivity index (χ2v) is 6.54. The van der Waals surface area contributed by atoms with Crippen LogP contribution >= 0.6 is 0 Å². The molecule has 0 spiro atoms. The van der Waals surface area contributed by atoms with E-state index in [1.807, 2.05) is 54.1 Å². The molecular weight excluding hydrogens is 314 g/mol. The third-order valence-corrected chi connectivity index (χ3v) is 4.93. The third-order valence-electron chi connectivity index (χ3n) is 4.93. The number of imidazole rings is 1. The van der Waals surface area contributed by atoms with Crippen LogP contribution in [0.5, 0.6) is 0 Å². The van der Waals surface area contributed by atoms with Gasteiger partial charge in [0.05, 0.1) is 11.9 Å². The van der Waals surface area contributed by atoms with Crippen molar-refractivity contribution in [1.82, 2.24) is 24.3 Å². The van der Waals surface area contributed by atoms with Crippen LogP contribution in [0.2, 0.25) is 0 Å². The highest BCUT2D eigenvalue weighted by Gasteiger charge is 2.22. The molecule has 1 N–H and O–H groups in total. The molecule has 3 heterocycles. The zero-order valence-electron chi connectivity index (χ0n) is 14.3. The van der Waals surface area contributed by atoms with Gasteiger partial charge in [-0.2, -0.15) is 0 Å². The summed E-state index contributed by atoms with van der Waals surface area (Å²) >= 11 is 0. The molecule has 1 aliphatic rings. The lowest BCUT2D eigenvalue weighted by Gasteiger charge is -2.22. The molecule has 0 aliphatic carbocycles. The fourth-order valence-corrected chi connectivity index (χ4v) is 3.49. The maximum Gasteiger partial charge on any atom is 0.256 e. The molecule has 25 heavy (non-hydrogen) atoms. The van der Waals surface area contributed by atoms with E-state index in [0.29, 0.717) is 0 Å². The second kappa shape index (κ2) is 7.11. The third kappa shape index (κ3) is 3.44. The largest absolute Gasteiger partial charge is 0.360 e. The van der Waals surface area contributed by atoms with E-state index >= 15 is 0 Å². The monoisotopic (exact) mass is 337 g/mol. The van der Waals surface area contributed by atoms with Crippen molar-refractivity contribution < 1.29 is 4.79 Å². The molecule has 3 aromatic rings. The van der Waals surface area contributed by atoms with Crippen molar-refractivity contribution in [2.24, 2.45) is 0 Å². The van der Waals surface area contributed by atoms with Gasteiger partial charge in [0.25, 0.3) is 5.91 Å². The van der Waals surface area contributed by atoms with Gasteiger partial charge in [0.2, 0.25) is 0 Å². The minimum Gasteiger partial charge on any atom is -0.360 e. The summed E-state index contributed by atoms with van der Waals surface area (Å²) in [5, 5.41) is 1.01. The van der Waals surface area contributed by atoms with Crippen molar-refractivity contribution in [3.05, 3.63) is 54.7 Å². The summed E-state index contributed by atoms with van der Waals surface area (Å²) in [4.78, 5) is 24.7. The van der Waals surface area contributed by atoms with Crippen LogP contribution in [0.25, 0.3) is 10.9 Å². The van der Waals surface area contributed by atoms with Gasteiger partial charge in [-0.05, 0) is 19.0 Å². The molecule has 0 atom stereocenters. The van der Waals surface area contributed by atoms with E-state index in [2.05, 4.69) is 19.4 Å². The number of carbonyl (C=O) groups excluding carboxylic acids is 1. The molecular formula is C19H23N5O. The van der Waals surface area contributed by atoms with E-state index in [0.717, 1.165) is 62.2 Å². The van der Waals surface area contributed by atoms with Gasteiger partial charge >= 0.3 is 0 Å². The number of amides is 1. The molecule has 6 nitrogen and oxygen atoms in total. The first-order valence-corrected chi connectivity index (χ1v) is 8.85. The molecule has 1 aliphatic heterocycles. The van der Waals surface area contributed by atoms with Crippen molar-refractivity contribution in [2.45, 2.75) is 13.0 Å². The van der Waals surface area contributed by atoms with Crippen molar-refractivity contribution >= 4 is 16.8 Å². The fourth-order valence-electron chi connectivity index (χ4n) is 3.49. The summed E-state index contributed by atoms with van der Waals surface area (Å²) in [6.45, 7) is 5.49. The van der Waals surface area contributed by atoms with E-state index in [-0.39, 0.29) is 5.91 Å². The number of nitrogens with zero attached hydrogens (tertiary/aromatic N) is 4. The Balaban J connectivity index is 1.39. The summed E-state index contributed by atoms with van der Waals surface area (Å²) < 4.78 is 2.10. The molecule has 1 saturated heterocycles. The van der Waals surface area contributed by atoms with E-state index < -0.39 is 0 Å². The van der Waals surface area contributed by atoms with Crippen LogP contribution in [0.4, 0.5) is 0 Å². The van der Waals surface area contributed by atoms with Crippen LogP contribution in [-0.4, -0.2) is 63.0 Å². The van der Waals surface area contributed by atoms with Gasteiger partial charge in [-0.1, -0.05) is 18.2 Å². The quantitative estimate of drug-likeness (QED) is 0.794. The van der Waals surface area contributed by atoms with Crippen LogP contribution < -0.4 is 0 Å². The van der Waals surface area contributed by atoms with Crippen LogP contribution in [0.1, 0.15) is 16.8 Å². The fraction of sp³-hybridized carbons (Fsp3) is 0.368. The highest BCUT2D eigenvalue weighted by atomic mass is 16.2. The van der Waals surface area contributed by atoms with E-state index in [1.54, 1.807) is 0 Å². The highest BCUT2D eigenvalue weighted by molar-refractivity contribution is 6.06. The SMILES string of the molecule is O=C(c1c[nH]c2ccccc12)N1CCCN(CCn2ccnc2)CC1. The van der Waals surface area contributed by atoms with E-state index in [9.17, 15) is 4.79 Å². The zero-order valence-corrected chi connectivity index (χ0v) is 14.3. The van der Waals surface area contributed by atoms with Crippen molar-refractivity contribution in [1.29, 1.82) is 0 Å². The number of hydrogen-bond acceptors (Lipinski definition) is 3. The lowest BCUT2D eigenvalue weighted by Crippen LogP contribution is -2.35. The average molecular weight is 337 g/mol. The summed E-state index contributed by atoms with van der Waals surface area (Å²) in [6.07, 6.45) is 8.51. The maximum absolute atomic E-state index is 13.0. The van der Waals surface area contributed by atoms with Gasteiger partial charge in [-0.15, -0.1) is 0 Å². The summed E-state index contributed by atoms with van der Waals surface area (Å²) in [6, 6.07) is 7.98. The number of aromatic amines is 1. The van der Waals surface area contributed by atoms with E-state index in [1.165, 1.54) is 0 Å². The Hall–Kier alpha value is -2.60. The predicted octanol–water partition coefficient (Wildman–Crippen LogP) is 2.21. The minimum absolute atomic E-state index is 0.133. The van der Waals surface area contributed by atoms with Gasteiger partial charge in [0.15, 0.2) is 0 Å². The average Bonchev–Trinajstić information content (AvgIpc) is 3.25. The van der Waals surface area contributed by atoms with Gasteiger partial charge in [-0.3, -0.25) is 9.69 Å². The molecule has 0 bridgehead atoms. The number of benzene rings is 1. The summed E-state index contributed by atoms with van der Waals surface area (Å²) in [7, 11) is 0. The van der Waals surface area contributed by atoms with Crippen molar-refractivity contribution in [3.8, 4) is 0 Å². The smallest absolute Gasteiger partial charge is 0.256 e. The molecule has 1 amide bonds. The second-order valence-electron chi connectivity index (χ2n) is 6.54. The Kier molecular flexibility index (Phi) is 4.52. The number of carbonyl (C=O) groups is 1. The first kappa shape index (κ1) is 15.9. The number of fused-ring (bicyclic) bond motifs is 1. The molecule has 1 aromatic carbocycles. The number of nitrogens with one attached hydrogen (secondary N) is 1. The van der Waals surface area contributed by atoms with Crippen molar-refractivity contribution in [3.63, 3.8) is 0 Å². The number of hydrogen-bond donors (Lipinski definition) is 1. The molecule has 2 aromatic heterocycles. The highest BCUT2D eigenvalue weighted by Crippen LogP contribution is 2.20. The maximum atomic E-state index is 13.0. The Labute approximate surface area is 147 Å². The molecule has 6 heteroatoms. The standard InChI is InChI=1S/C19H23N5O/c25-19(17-14-21-18-5-2-1-4-16(17)18)24-8-3-7-22(12-13-24)10-11-23-9-6-20-15-23/h1-2,4-6,9,14-15,21H,3,7-8,10-13H2. The lowest BCUT2D eigenvalue weighted by atomic mass is 10.1. The van der Waals surface area contributed by atoms with Crippen LogP contribution in [0.15, 0.2) is 49.2 Å². The molecule has 1 fully saturated rings. The first-order valence-electron chi connectivity index (χ1n) is 8.85. The summed E-state index contributed by atoms with van der Waals surface area (Å²) in [5.41, 5.74) is 1.80. The lowest BCUT2D eigenvalue weighted by molar-refractivity contribution is 0.0763. The van der Waals surface area contributed by atoms with Gasteiger partial charge < -0.3 is 14.5 Å². The Morgan fingerprint density at radius 3 is 2.92 bits per heavy atom. The van der Waals surface area contributed by atoms with Gasteiger partial charge in [-0.25, -0.2) is 4.98 Å². The number of para-hydroxylation sites is 1. The number of rotatable bonds is 4.